The van der Waals surface area contributed by atoms with Crippen molar-refractivity contribution in [2.45, 2.75) is 19.3 Å². The first-order valence-corrected chi connectivity index (χ1v) is 11.4. The monoisotopic (exact) mass is 415 g/mol. The largest absolute Gasteiger partial charge is 0.356 e. The van der Waals surface area contributed by atoms with Crippen molar-refractivity contribution >= 4 is 43.4 Å². The van der Waals surface area contributed by atoms with E-state index in [-0.39, 0.29) is 5.91 Å². The molecule has 0 atom stereocenters. The molecular weight excluding hydrogens is 390 g/mol. The second kappa shape index (κ2) is 8.44. The highest BCUT2D eigenvalue weighted by molar-refractivity contribution is 7.22. The molecule has 5 heteroatoms. The molecule has 4 nitrogen and oxygen atoms in total. The Balaban J connectivity index is 1.14. The van der Waals surface area contributed by atoms with Gasteiger partial charge in [0, 0.05) is 19.6 Å². The predicted octanol–water partition coefficient (Wildman–Crippen LogP) is 5.02. The van der Waals surface area contributed by atoms with Crippen LogP contribution in [0.25, 0.3) is 21.0 Å². The van der Waals surface area contributed by atoms with Gasteiger partial charge in [-0.3, -0.25) is 4.79 Å². The van der Waals surface area contributed by atoms with Crippen LogP contribution in [0.15, 0.2) is 66.7 Å². The fraction of sp³-hybridized carbons (Fsp3) is 0.280. The average Bonchev–Trinajstić information content (AvgIpc) is 3.23. The quantitative estimate of drug-likeness (QED) is 0.497. The number of fused-ring (bicyclic) bond motifs is 2. The highest BCUT2D eigenvalue weighted by Gasteiger charge is 2.22. The second-order valence-electron chi connectivity index (χ2n) is 8.01. The van der Waals surface area contributed by atoms with E-state index in [0.29, 0.717) is 12.3 Å². The predicted molar refractivity (Wildman–Crippen MR) is 125 cm³/mol. The number of thiazole rings is 1. The maximum atomic E-state index is 12.6. The van der Waals surface area contributed by atoms with Gasteiger partial charge in [-0.15, -0.1) is 0 Å². The van der Waals surface area contributed by atoms with Crippen molar-refractivity contribution in [1.29, 1.82) is 0 Å². The molecule has 152 valence electrons. The molecule has 1 N–H and O–H groups in total. The van der Waals surface area contributed by atoms with Crippen molar-refractivity contribution < 1.29 is 4.79 Å². The number of hydrogen-bond donors (Lipinski definition) is 1. The third-order valence-corrected chi connectivity index (χ3v) is 7.08. The number of benzene rings is 3. The van der Waals surface area contributed by atoms with Crippen LogP contribution in [0, 0.1) is 5.92 Å². The molecule has 1 saturated heterocycles. The molecule has 0 saturated carbocycles. The molecule has 1 aromatic heterocycles. The van der Waals surface area contributed by atoms with Crippen LogP contribution in [0.4, 0.5) is 5.13 Å². The van der Waals surface area contributed by atoms with E-state index >= 15 is 0 Å². The van der Waals surface area contributed by atoms with Crippen molar-refractivity contribution in [1.82, 2.24) is 10.3 Å². The molecule has 0 unspecified atom stereocenters. The first-order chi connectivity index (χ1) is 14.8. The fourth-order valence-electron chi connectivity index (χ4n) is 4.26. The maximum Gasteiger partial charge on any atom is 0.224 e. The van der Waals surface area contributed by atoms with Crippen LogP contribution in [0.2, 0.25) is 0 Å². The first kappa shape index (κ1) is 19.1. The summed E-state index contributed by atoms with van der Waals surface area (Å²) in [7, 11) is 0. The van der Waals surface area contributed by atoms with Gasteiger partial charge in [-0.05, 0) is 47.2 Å². The molecule has 1 aliphatic rings. The summed E-state index contributed by atoms with van der Waals surface area (Å²) >= 11 is 1.77. The van der Waals surface area contributed by atoms with E-state index in [0.717, 1.165) is 48.7 Å². The van der Waals surface area contributed by atoms with Gasteiger partial charge in [-0.1, -0.05) is 65.9 Å². The molecule has 0 radical (unpaired) electrons. The number of hydrogen-bond acceptors (Lipinski definition) is 4. The van der Waals surface area contributed by atoms with Gasteiger partial charge in [-0.25, -0.2) is 4.98 Å². The van der Waals surface area contributed by atoms with Gasteiger partial charge in [0.1, 0.15) is 0 Å². The molecule has 1 aliphatic heterocycles. The number of rotatable bonds is 5. The number of anilines is 1. The summed E-state index contributed by atoms with van der Waals surface area (Å²) in [5.74, 6) is 0.645. The SMILES string of the molecule is O=C(Cc1cccc2ccccc12)NCC1CCN(c2nc3ccccc3s2)CC1. The van der Waals surface area contributed by atoms with Gasteiger partial charge in [0.2, 0.25) is 5.91 Å². The van der Waals surface area contributed by atoms with Crippen LogP contribution >= 0.6 is 11.3 Å². The summed E-state index contributed by atoms with van der Waals surface area (Å²) in [6.45, 7) is 2.77. The lowest BCUT2D eigenvalue weighted by Crippen LogP contribution is -2.39. The fourth-order valence-corrected chi connectivity index (χ4v) is 5.28. The van der Waals surface area contributed by atoms with Gasteiger partial charge >= 0.3 is 0 Å². The van der Waals surface area contributed by atoms with E-state index in [1.54, 1.807) is 11.3 Å². The molecule has 1 amide bonds. The summed E-state index contributed by atoms with van der Waals surface area (Å²) < 4.78 is 1.25. The van der Waals surface area contributed by atoms with Crippen molar-refractivity contribution in [2.75, 3.05) is 24.5 Å². The number of amides is 1. The Morgan fingerprint density at radius 1 is 1.00 bits per heavy atom. The number of piperidine rings is 1. The van der Waals surface area contributed by atoms with Gasteiger partial charge in [0.05, 0.1) is 16.6 Å². The Morgan fingerprint density at radius 3 is 2.63 bits per heavy atom. The Labute approximate surface area is 180 Å². The minimum absolute atomic E-state index is 0.111. The Bertz CT molecular complexity index is 1140. The smallest absolute Gasteiger partial charge is 0.224 e. The van der Waals surface area contributed by atoms with E-state index in [4.69, 9.17) is 4.98 Å². The summed E-state index contributed by atoms with van der Waals surface area (Å²) in [5.41, 5.74) is 2.18. The number of para-hydroxylation sites is 1. The minimum Gasteiger partial charge on any atom is -0.356 e. The van der Waals surface area contributed by atoms with Gasteiger partial charge in [-0.2, -0.15) is 0 Å². The number of carbonyl (C=O) groups is 1. The molecule has 5 rings (SSSR count). The minimum atomic E-state index is 0.111. The van der Waals surface area contributed by atoms with E-state index in [1.807, 2.05) is 24.3 Å². The zero-order chi connectivity index (χ0) is 20.3. The standard InChI is InChI=1S/C25H25N3OS/c29-24(16-20-8-5-7-19-6-1-2-9-21(19)20)26-17-18-12-14-28(15-13-18)25-27-22-10-3-4-11-23(22)30-25/h1-11,18H,12-17H2,(H,26,29). The number of nitrogens with one attached hydrogen (secondary N) is 1. The third kappa shape index (κ3) is 4.03. The van der Waals surface area contributed by atoms with E-state index in [1.165, 1.54) is 15.5 Å². The summed E-state index contributed by atoms with van der Waals surface area (Å²) in [6.07, 6.45) is 2.61. The first-order valence-electron chi connectivity index (χ1n) is 10.6. The summed E-state index contributed by atoms with van der Waals surface area (Å²) in [5, 5.41) is 6.64. The normalized spacial score (nSPS) is 15.0. The lowest BCUT2D eigenvalue weighted by Gasteiger charge is -2.31. The van der Waals surface area contributed by atoms with Gasteiger partial charge in [0.25, 0.3) is 0 Å². The summed E-state index contributed by atoms with van der Waals surface area (Å²) in [4.78, 5) is 19.7. The highest BCUT2D eigenvalue weighted by Crippen LogP contribution is 2.31. The molecule has 0 aliphatic carbocycles. The third-order valence-electron chi connectivity index (χ3n) is 5.99. The van der Waals surface area contributed by atoms with Crippen molar-refractivity contribution in [2.24, 2.45) is 5.92 Å². The second-order valence-corrected chi connectivity index (χ2v) is 9.02. The summed E-state index contributed by atoms with van der Waals surface area (Å²) in [6, 6.07) is 22.7. The average molecular weight is 416 g/mol. The molecule has 2 heterocycles. The van der Waals surface area contributed by atoms with Gasteiger partial charge in [0.15, 0.2) is 5.13 Å². The number of carbonyl (C=O) groups excluding carboxylic acids is 1. The van der Waals surface area contributed by atoms with Crippen molar-refractivity contribution in [3.8, 4) is 0 Å². The molecule has 1 fully saturated rings. The van der Waals surface area contributed by atoms with Crippen LogP contribution in [-0.4, -0.2) is 30.5 Å². The van der Waals surface area contributed by atoms with Crippen LogP contribution in [0.1, 0.15) is 18.4 Å². The molecule has 0 bridgehead atoms. The lowest BCUT2D eigenvalue weighted by atomic mass is 9.97. The molecule has 30 heavy (non-hydrogen) atoms. The van der Waals surface area contributed by atoms with E-state index in [2.05, 4.69) is 52.7 Å². The molecular formula is C25H25N3OS. The van der Waals surface area contributed by atoms with Crippen LogP contribution in [0.3, 0.4) is 0 Å². The van der Waals surface area contributed by atoms with Crippen LogP contribution in [0.5, 0.6) is 0 Å². The van der Waals surface area contributed by atoms with Crippen molar-refractivity contribution in [3.05, 3.63) is 72.3 Å². The maximum absolute atomic E-state index is 12.6. The van der Waals surface area contributed by atoms with Crippen molar-refractivity contribution in [3.63, 3.8) is 0 Å². The topological polar surface area (TPSA) is 45.2 Å². The Hall–Kier alpha value is -2.92. The molecule has 4 aromatic rings. The highest BCUT2D eigenvalue weighted by atomic mass is 32.1. The molecule has 3 aromatic carbocycles. The molecule has 0 spiro atoms. The van der Waals surface area contributed by atoms with E-state index < -0.39 is 0 Å². The Morgan fingerprint density at radius 2 is 1.77 bits per heavy atom. The number of nitrogens with zero attached hydrogens (tertiary/aromatic N) is 2. The van der Waals surface area contributed by atoms with Gasteiger partial charge < -0.3 is 10.2 Å². The van der Waals surface area contributed by atoms with E-state index in [9.17, 15) is 4.79 Å². The van der Waals surface area contributed by atoms with Crippen LogP contribution in [-0.2, 0) is 11.2 Å². The lowest BCUT2D eigenvalue weighted by molar-refractivity contribution is -0.120. The van der Waals surface area contributed by atoms with Crippen LogP contribution < -0.4 is 10.2 Å². The zero-order valence-corrected chi connectivity index (χ0v) is 17.7. The Kier molecular flexibility index (Phi) is 5.37. The number of aromatic nitrogens is 1. The zero-order valence-electron chi connectivity index (χ0n) is 16.9.